The molecule has 1 heterocycles. The van der Waals surface area contributed by atoms with Gasteiger partial charge in [0.05, 0.1) is 5.25 Å². The average Bonchev–Trinajstić information content (AvgIpc) is 2.87. The van der Waals surface area contributed by atoms with Gasteiger partial charge in [0.2, 0.25) is 10.0 Å². The molecule has 0 radical (unpaired) electrons. The lowest BCUT2D eigenvalue weighted by Gasteiger charge is -2.33. The summed E-state index contributed by atoms with van der Waals surface area (Å²) in [6, 6.07) is 0.0999. The first-order chi connectivity index (χ1) is 8.57. The van der Waals surface area contributed by atoms with Gasteiger partial charge >= 0.3 is 0 Å². The van der Waals surface area contributed by atoms with Crippen molar-refractivity contribution < 1.29 is 13.2 Å². The van der Waals surface area contributed by atoms with Gasteiger partial charge < -0.3 is 10.5 Å². The predicted octanol–water partition coefficient (Wildman–Crippen LogP) is 0.554. The molecule has 1 aliphatic heterocycles. The van der Waals surface area contributed by atoms with Crippen molar-refractivity contribution in [2.75, 3.05) is 26.8 Å². The van der Waals surface area contributed by atoms with Crippen LogP contribution in [0.2, 0.25) is 0 Å². The van der Waals surface area contributed by atoms with Gasteiger partial charge in [-0.2, -0.15) is 0 Å². The summed E-state index contributed by atoms with van der Waals surface area (Å²) in [6.07, 6.45) is 4.31. The van der Waals surface area contributed by atoms with Crippen molar-refractivity contribution in [3.8, 4) is 0 Å². The van der Waals surface area contributed by atoms with E-state index in [2.05, 4.69) is 0 Å². The summed E-state index contributed by atoms with van der Waals surface area (Å²) in [5.41, 5.74) is 5.74. The number of rotatable bonds is 4. The van der Waals surface area contributed by atoms with Gasteiger partial charge in [0.15, 0.2) is 0 Å². The highest BCUT2D eigenvalue weighted by atomic mass is 32.2. The third kappa shape index (κ3) is 2.71. The second kappa shape index (κ2) is 5.86. The van der Waals surface area contributed by atoms with E-state index in [9.17, 15) is 8.42 Å². The van der Waals surface area contributed by atoms with Gasteiger partial charge in [0, 0.05) is 26.3 Å². The first-order valence-corrected chi connectivity index (χ1v) is 8.32. The fraction of sp³-hybridized carbons (Fsp3) is 1.00. The Balaban J connectivity index is 2.08. The van der Waals surface area contributed by atoms with Gasteiger partial charge in [-0.1, -0.05) is 6.42 Å². The van der Waals surface area contributed by atoms with Crippen LogP contribution in [-0.2, 0) is 14.8 Å². The van der Waals surface area contributed by atoms with Crippen molar-refractivity contribution in [1.82, 2.24) is 4.31 Å². The molecule has 0 aromatic carbocycles. The van der Waals surface area contributed by atoms with Crippen molar-refractivity contribution in [3.63, 3.8) is 0 Å². The van der Waals surface area contributed by atoms with Crippen molar-refractivity contribution in [1.29, 1.82) is 0 Å². The quantitative estimate of drug-likeness (QED) is 0.814. The molecular weight excluding hydrogens is 252 g/mol. The minimum atomic E-state index is -3.19. The van der Waals surface area contributed by atoms with Crippen LogP contribution in [0.3, 0.4) is 0 Å². The maximum Gasteiger partial charge on any atom is 0.217 e. The minimum absolute atomic E-state index is 0.0999. The zero-order chi connectivity index (χ0) is 13.2. The molecule has 2 atom stereocenters. The summed E-state index contributed by atoms with van der Waals surface area (Å²) in [5, 5.41) is -0.268. The average molecular weight is 276 g/mol. The summed E-state index contributed by atoms with van der Waals surface area (Å²) in [6.45, 7) is 1.70. The summed E-state index contributed by atoms with van der Waals surface area (Å²) < 4.78 is 32.0. The lowest BCUT2D eigenvalue weighted by atomic mass is 10.0. The van der Waals surface area contributed by atoms with Gasteiger partial charge in [-0.3, -0.25) is 0 Å². The zero-order valence-electron chi connectivity index (χ0n) is 11.0. The summed E-state index contributed by atoms with van der Waals surface area (Å²) in [7, 11) is -1.47. The molecule has 0 amide bonds. The lowest BCUT2D eigenvalue weighted by molar-refractivity contribution is 0.0968. The molecule has 1 saturated heterocycles. The molecule has 0 aromatic rings. The lowest BCUT2D eigenvalue weighted by Crippen LogP contribution is -2.46. The Labute approximate surface area is 110 Å². The molecule has 2 fully saturated rings. The van der Waals surface area contributed by atoms with Crippen LogP contribution in [0.15, 0.2) is 0 Å². The van der Waals surface area contributed by atoms with Crippen LogP contribution in [0.5, 0.6) is 0 Å². The maximum absolute atomic E-state index is 12.6. The molecule has 5 nitrogen and oxygen atoms in total. The second-order valence-corrected chi connectivity index (χ2v) is 7.64. The van der Waals surface area contributed by atoms with E-state index >= 15 is 0 Å². The Morgan fingerprint density at radius 3 is 2.50 bits per heavy atom. The molecule has 18 heavy (non-hydrogen) atoms. The number of hydrogen-bond acceptors (Lipinski definition) is 4. The zero-order valence-corrected chi connectivity index (χ0v) is 11.9. The van der Waals surface area contributed by atoms with Crippen molar-refractivity contribution >= 4 is 10.0 Å². The van der Waals surface area contributed by atoms with Crippen LogP contribution < -0.4 is 5.73 Å². The molecule has 1 aliphatic carbocycles. The minimum Gasteiger partial charge on any atom is -0.381 e. The SMILES string of the molecule is CN(C1CCCC1CN)S(=O)(=O)C1CCOCC1. The van der Waals surface area contributed by atoms with Crippen LogP contribution >= 0.6 is 0 Å². The van der Waals surface area contributed by atoms with Crippen molar-refractivity contribution in [2.24, 2.45) is 11.7 Å². The van der Waals surface area contributed by atoms with Crippen LogP contribution in [0, 0.1) is 5.92 Å². The molecule has 2 aliphatic rings. The summed E-state index contributed by atoms with van der Waals surface area (Å²) in [5.74, 6) is 0.324. The second-order valence-electron chi connectivity index (χ2n) is 5.37. The van der Waals surface area contributed by atoms with E-state index in [1.165, 1.54) is 0 Å². The van der Waals surface area contributed by atoms with E-state index in [4.69, 9.17) is 10.5 Å². The molecule has 2 unspecified atom stereocenters. The normalized spacial score (nSPS) is 31.1. The largest absolute Gasteiger partial charge is 0.381 e. The topological polar surface area (TPSA) is 72.6 Å². The number of hydrogen-bond donors (Lipinski definition) is 1. The Morgan fingerprint density at radius 2 is 1.89 bits per heavy atom. The molecular formula is C12H24N2O3S. The van der Waals surface area contributed by atoms with Crippen LogP contribution in [0.1, 0.15) is 32.1 Å². The molecule has 2 rings (SSSR count). The van der Waals surface area contributed by atoms with Gasteiger partial charge in [0.1, 0.15) is 0 Å². The first kappa shape index (κ1) is 14.2. The number of nitrogens with two attached hydrogens (primary N) is 1. The van der Waals surface area contributed by atoms with Crippen molar-refractivity contribution in [3.05, 3.63) is 0 Å². The molecule has 0 aromatic heterocycles. The highest BCUT2D eigenvalue weighted by Gasteiger charge is 2.39. The standard InChI is InChI=1S/C12H24N2O3S/c1-14(12-4-2-3-10(12)9-13)18(15,16)11-5-7-17-8-6-11/h10-12H,2-9,13H2,1H3. The smallest absolute Gasteiger partial charge is 0.217 e. The Bertz CT molecular complexity index is 366. The highest BCUT2D eigenvalue weighted by Crippen LogP contribution is 2.32. The van der Waals surface area contributed by atoms with Crippen LogP contribution in [-0.4, -0.2) is 50.8 Å². The Hall–Kier alpha value is -0.170. The molecule has 0 spiro atoms. The summed E-state index contributed by atoms with van der Waals surface area (Å²) in [4.78, 5) is 0. The van der Waals surface area contributed by atoms with Gasteiger partial charge in [-0.25, -0.2) is 12.7 Å². The van der Waals surface area contributed by atoms with Gasteiger partial charge in [-0.15, -0.1) is 0 Å². The fourth-order valence-corrected chi connectivity index (χ4v) is 5.08. The van der Waals surface area contributed by atoms with E-state index in [1.807, 2.05) is 0 Å². The van der Waals surface area contributed by atoms with Crippen LogP contribution in [0.25, 0.3) is 0 Å². The highest BCUT2D eigenvalue weighted by molar-refractivity contribution is 7.89. The molecule has 1 saturated carbocycles. The summed E-state index contributed by atoms with van der Waals surface area (Å²) >= 11 is 0. The van der Waals surface area contributed by atoms with E-state index in [0.29, 0.717) is 38.5 Å². The van der Waals surface area contributed by atoms with Crippen LogP contribution in [0.4, 0.5) is 0 Å². The Morgan fingerprint density at radius 1 is 1.22 bits per heavy atom. The molecule has 2 N–H and O–H groups in total. The van der Waals surface area contributed by atoms with E-state index < -0.39 is 10.0 Å². The van der Waals surface area contributed by atoms with Gasteiger partial charge in [0.25, 0.3) is 0 Å². The molecule has 0 bridgehead atoms. The number of nitrogens with zero attached hydrogens (tertiary/aromatic N) is 1. The van der Waals surface area contributed by atoms with E-state index in [0.717, 1.165) is 19.3 Å². The van der Waals surface area contributed by atoms with Crippen molar-refractivity contribution in [2.45, 2.75) is 43.4 Å². The molecule has 6 heteroatoms. The third-order valence-electron chi connectivity index (χ3n) is 4.38. The van der Waals surface area contributed by atoms with E-state index in [1.54, 1.807) is 11.4 Å². The van der Waals surface area contributed by atoms with E-state index in [-0.39, 0.29) is 11.3 Å². The number of sulfonamides is 1. The monoisotopic (exact) mass is 276 g/mol. The maximum atomic E-state index is 12.6. The fourth-order valence-electron chi connectivity index (χ4n) is 3.17. The number of ether oxygens (including phenoxy) is 1. The third-order valence-corrected chi connectivity index (χ3v) is 6.77. The van der Waals surface area contributed by atoms with Gasteiger partial charge in [-0.05, 0) is 38.1 Å². The first-order valence-electron chi connectivity index (χ1n) is 6.82. The predicted molar refractivity (Wildman–Crippen MR) is 70.7 cm³/mol. The Kier molecular flexibility index (Phi) is 4.64. The molecule has 106 valence electrons.